The molecule has 2 aliphatic heterocycles. The van der Waals surface area contributed by atoms with Crippen LogP contribution in [0.15, 0.2) is 12.1 Å². The van der Waals surface area contributed by atoms with E-state index in [1.807, 2.05) is 0 Å². The third-order valence-corrected chi connectivity index (χ3v) is 5.77. The molecule has 9 atom stereocenters. The van der Waals surface area contributed by atoms with Crippen molar-refractivity contribution in [3.8, 4) is 17.2 Å². The number of aromatic hydroxyl groups is 2. The number of hydrogen-bond acceptors (Lipinski definition) is 15. The Morgan fingerprint density at radius 3 is 2.23 bits per heavy atom. The van der Waals surface area contributed by atoms with Crippen molar-refractivity contribution < 1.29 is 79.9 Å². The molecule has 3 rings (SSSR count). The maximum absolute atomic E-state index is 11.2. The normalized spacial score (nSPS) is 39.5. The van der Waals surface area contributed by atoms with Gasteiger partial charge in [-0.3, -0.25) is 0 Å². The number of ether oxygens (including phenoxy) is 4. The zero-order valence-electron chi connectivity index (χ0n) is 17.8. The van der Waals surface area contributed by atoms with E-state index in [-0.39, 0.29) is 0 Å². The largest absolute Gasteiger partial charge is 0.504 e. The van der Waals surface area contributed by atoms with Gasteiger partial charge in [0.25, 0.3) is 0 Å². The number of aliphatic hydroxyl groups is 8. The summed E-state index contributed by atoms with van der Waals surface area (Å²) in [6.45, 7) is -2.97. The van der Waals surface area contributed by atoms with E-state index in [0.717, 1.165) is 12.1 Å². The predicted octanol–water partition coefficient (Wildman–Crippen LogP) is -4.88. The predicted molar refractivity (Wildman–Crippen MR) is 105 cm³/mol. The summed E-state index contributed by atoms with van der Waals surface area (Å²) in [6.07, 6.45) is -13.3. The molecule has 16 heteroatoms. The minimum atomic E-state index is -3.01. The first-order valence-corrected chi connectivity index (χ1v) is 10.1. The zero-order valence-corrected chi connectivity index (χ0v) is 17.8. The first kappa shape index (κ1) is 27.2. The van der Waals surface area contributed by atoms with Crippen LogP contribution in [0.25, 0.3) is 0 Å². The van der Waals surface area contributed by atoms with Crippen LogP contribution in [0.1, 0.15) is 10.4 Å². The van der Waals surface area contributed by atoms with E-state index in [2.05, 4.69) is 0 Å². The standard InChI is InChI=1S/C19H26O16/c20-3-10-18(30,5-21)17(29)19(31,35-10)32-4-9-12(24)13(25)14(26)16(34-9)33-8-2-6(15(27)28)1-7(22)11(8)23/h1-2,9-10,12-14,16-17,20-26,29-31H,3-5H2,(H,27,28)/t9-,10-,12-,13+,14-,16+,17-,18-,19-/m1/s1. The molecule has 198 valence electrons. The summed E-state index contributed by atoms with van der Waals surface area (Å²) < 4.78 is 20.4. The maximum atomic E-state index is 11.2. The highest BCUT2D eigenvalue weighted by Gasteiger charge is 2.64. The first-order valence-electron chi connectivity index (χ1n) is 10.1. The Morgan fingerprint density at radius 1 is 1.03 bits per heavy atom. The van der Waals surface area contributed by atoms with Crippen LogP contribution in [-0.2, 0) is 14.2 Å². The SMILES string of the molecule is O=C(O)c1cc(O)c(O)c(O[C@H]2O[C@H](CO[C@@]3(O)O[C@H](CO)[C@](O)(CO)[C@H]3O)[C@@H](O)[C@H](O)[C@H]2O)c1. The lowest BCUT2D eigenvalue weighted by Crippen LogP contribution is -2.61. The minimum Gasteiger partial charge on any atom is -0.504 e. The number of aliphatic hydroxyl groups excluding tert-OH is 6. The molecule has 11 N–H and O–H groups in total. The van der Waals surface area contributed by atoms with Gasteiger partial charge in [-0.1, -0.05) is 0 Å². The fourth-order valence-corrected chi connectivity index (χ4v) is 3.64. The smallest absolute Gasteiger partial charge is 0.335 e. The number of carboxylic acids is 1. The molecular formula is C19H26O16. The summed E-state index contributed by atoms with van der Waals surface area (Å²) in [5, 5.41) is 109. The number of carbonyl (C=O) groups is 1. The van der Waals surface area contributed by atoms with Gasteiger partial charge < -0.3 is 75.1 Å². The van der Waals surface area contributed by atoms with E-state index in [1.165, 1.54) is 0 Å². The van der Waals surface area contributed by atoms with E-state index in [1.54, 1.807) is 0 Å². The molecule has 1 aromatic rings. The second-order valence-electron chi connectivity index (χ2n) is 8.06. The molecule has 0 radical (unpaired) electrons. The van der Waals surface area contributed by atoms with Crippen LogP contribution in [0.5, 0.6) is 17.2 Å². The molecule has 2 saturated heterocycles. The Bertz CT molecular complexity index is 926. The topological polar surface area (TPSA) is 277 Å². The number of hydrogen-bond donors (Lipinski definition) is 11. The molecule has 0 amide bonds. The van der Waals surface area contributed by atoms with Gasteiger partial charge in [0.2, 0.25) is 12.0 Å². The summed E-state index contributed by atoms with van der Waals surface area (Å²) in [7, 11) is 0. The summed E-state index contributed by atoms with van der Waals surface area (Å²) in [5.41, 5.74) is -3.03. The third kappa shape index (κ3) is 4.86. The highest BCUT2D eigenvalue weighted by Crippen LogP contribution is 2.40. The minimum absolute atomic E-state index is 0.509. The molecule has 0 aromatic heterocycles. The van der Waals surface area contributed by atoms with Crippen LogP contribution < -0.4 is 4.74 Å². The lowest BCUT2D eigenvalue weighted by Gasteiger charge is -2.41. The van der Waals surface area contributed by atoms with Gasteiger partial charge in [-0.05, 0) is 12.1 Å². The van der Waals surface area contributed by atoms with Crippen molar-refractivity contribution in [1.29, 1.82) is 0 Å². The van der Waals surface area contributed by atoms with Gasteiger partial charge in [0.1, 0.15) is 36.1 Å². The summed E-state index contributed by atoms with van der Waals surface area (Å²) in [4.78, 5) is 11.2. The Labute approximate surface area is 196 Å². The Balaban J connectivity index is 1.77. The Kier molecular flexibility index (Phi) is 7.75. The van der Waals surface area contributed by atoms with Crippen LogP contribution in [0.2, 0.25) is 0 Å². The fourth-order valence-electron chi connectivity index (χ4n) is 3.64. The highest BCUT2D eigenvalue weighted by atomic mass is 16.8. The van der Waals surface area contributed by atoms with Crippen LogP contribution in [0, 0.1) is 0 Å². The van der Waals surface area contributed by atoms with Crippen LogP contribution in [-0.4, -0.2) is 136 Å². The van der Waals surface area contributed by atoms with Crippen molar-refractivity contribution in [1.82, 2.24) is 0 Å². The van der Waals surface area contributed by atoms with E-state index in [4.69, 9.17) is 24.1 Å². The van der Waals surface area contributed by atoms with E-state index in [0.29, 0.717) is 0 Å². The van der Waals surface area contributed by atoms with E-state index < -0.39 is 103 Å². The number of rotatable bonds is 8. The molecule has 2 fully saturated rings. The summed E-state index contributed by atoms with van der Waals surface area (Å²) >= 11 is 0. The molecular weight excluding hydrogens is 484 g/mol. The molecule has 0 unspecified atom stereocenters. The number of carboxylic acid groups (broad SMARTS) is 1. The summed E-state index contributed by atoms with van der Waals surface area (Å²) in [6, 6.07) is 1.51. The van der Waals surface area contributed by atoms with Gasteiger partial charge in [0, 0.05) is 0 Å². The van der Waals surface area contributed by atoms with Crippen molar-refractivity contribution in [3.63, 3.8) is 0 Å². The molecule has 0 bridgehead atoms. The third-order valence-electron chi connectivity index (χ3n) is 5.77. The second kappa shape index (κ2) is 9.96. The Morgan fingerprint density at radius 2 is 1.69 bits per heavy atom. The molecule has 0 spiro atoms. The number of phenolic OH excluding ortho intramolecular Hbond substituents is 2. The van der Waals surface area contributed by atoms with E-state index >= 15 is 0 Å². The van der Waals surface area contributed by atoms with Crippen LogP contribution in [0.4, 0.5) is 0 Å². The molecule has 2 aliphatic rings. The Hall–Kier alpha value is -2.35. The van der Waals surface area contributed by atoms with Crippen molar-refractivity contribution in [2.24, 2.45) is 0 Å². The lowest BCUT2D eigenvalue weighted by molar-refractivity contribution is -0.390. The summed E-state index contributed by atoms with van der Waals surface area (Å²) in [5.74, 6) is -6.97. The fraction of sp³-hybridized carbons (Fsp3) is 0.632. The molecule has 0 saturated carbocycles. The van der Waals surface area contributed by atoms with Gasteiger partial charge in [-0.2, -0.15) is 0 Å². The molecule has 1 aromatic carbocycles. The number of phenols is 2. The average molecular weight is 510 g/mol. The molecule has 0 aliphatic carbocycles. The quantitative estimate of drug-likeness (QED) is 0.115. The van der Waals surface area contributed by atoms with Crippen molar-refractivity contribution in [2.45, 2.75) is 54.5 Å². The number of aromatic carboxylic acids is 1. The maximum Gasteiger partial charge on any atom is 0.335 e. The lowest BCUT2D eigenvalue weighted by atomic mass is 9.93. The van der Waals surface area contributed by atoms with Gasteiger partial charge >= 0.3 is 11.9 Å². The van der Waals surface area contributed by atoms with Gasteiger partial charge in [-0.25, -0.2) is 4.79 Å². The second-order valence-corrected chi connectivity index (χ2v) is 8.06. The van der Waals surface area contributed by atoms with Crippen LogP contribution >= 0.6 is 0 Å². The molecule has 2 heterocycles. The highest BCUT2D eigenvalue weighted by molar-refractivity contribution is 5.89. The van der Waals surface area contributed by atoms with Gasteiger partial charge in [-0.15, -0.1) is 0 Å². The zero-order chi connectivity index (χ0) is 26.3. The van der Waals surface area contributed by atoms with Gasteiger partial charge in [0.05, 0.1) is 25.4 Å². The average Bonchev–Trinajstić information content (AvgIpc) is 3.02. The van der Waals surface area contributed by atoms with Crippen molar-refractivity contribution in [3.05, 3.63) is 17.7 Å². The van der Waals surface area contributed by atoms with E-state index in [9.17, 15) is 55.9 Å². The molecule has 16 nitrogen and oxygen atoms in total. The number of benzene rings is 1. The van der Waals surface area contributed by atoms with Crippen molar-refractivity contribution in [2.75, 3.05) is 19.8 Å². The molecule has 35 heavy (non-hydrogen) atoms. The van der Waals surface area contributed by atoms with Crippen LogP contribution in [0.3, 0.4) is 0 Å². The monoisotopic (exact) mass is 510 g/mol. The first-order chi connectivity index (χ1) is 16.3. The van der Waals surface area contributed by atoms with Gasteiger partial charge in [0.15, 0.2) is 17.6 Å². The van der Waals surface area contributed by atoms with Crippen molar-refractivity contribution >= 4 is 5.97 Å².